The van der Waals surface area contributed by atoms with Gasteiger partial charge in [0.1, 0.15) is 0 Å². The largest absolute Gasteiger partial charge is 0.391 e. The summed E-state index contributed by atoms with van der Waals surface area (Å²) < 4.78 is 37.5. The molecule has 1 saturated carbocycles. The molecule has 0 bridgehead atoms. The van der Waals surface area contributed by atoms with Crippen LogP contribution in [0.15, 0.2) is 0 Å². The molecule has 0 spiro atoms. The van der Waals surface area contributed by atoms with Crippen LogP contribution in [-0.4, -0.2) is 18.6 Å². The highest BCUT2D eigenvalue weighted by molar-refractivity contribution is 5.75. The van der Waals surface area contributed by atoms with Gasteiger partial charge in [-0.1, -0.05) is 13.3 Å². The van der Waals surface area contributed by atoms with Gasteiger partial charge in [0.25, 0.3) is 0 Å². The van der Waals surface area contributed by atoms with Gasteiger partial charge in [0.2, 0.25) is 5.91 Å². The summed E-state index contributed by atoms with van der Waals surface area (Å²) in [5, 5.41) is 2.67. The van der Waals surface area contributed by atoms with Gasteiger partial charge in [-0.3, -0.25) is 4.79 Å². The maximum absolute atomic E-state index is 12.5. The molecule has 16 heavy (non-hydrogen) atoms. The molecular formula is C11H18F3NO. The van der Waals surface area contributed by atoms with E-state index in [-0.39, 0.29) is 24.7 Å². The Bertz CT molecular complexity index is 240. The molecule has 94 valence electrons. The Kier molecular flexibility index (Phi) is 4.62. The van der Waals surface area contributed by atoms with Crippen LogP contribution >= 0.6 is 0 Å². The lowest BCUT2D eigenvalue weighted by atomic mass is 9.81. The second-order valence-electron chi connectivity index (χ2n) is 4.43. The monoisotopic (exact) mass is 237 g/mol. The first-order valence-corrected chi connectivity index (χ1v) is 5.77. The summed E-state index contributed by atoms with van der Waals surface area (Å²) in [6.07, 6.45) is -1.90. The van der Waals surface area contributed by atoms with Crippen LogP contribution in [0.5, 0.6) is 0 Å². The van der Waals surface area contributed by atoms with E-state index in [0.717, 1.165) is 6.42 Å². The van der Waals surface area contributed by atoms with Crippen molar-refractivity contribution in [1.82, 2.24) is 5.32 Å². The van der Waals surface area contributed by atoms with Gasteiger partial charge >= 0.3 is 6.18 Å². The molecule has 0 aromatic heterocycles. The Labute approximate surface area is 93.6 Å². The Morgan fingerprint density at radius 1 is 1.38 bits per heavy atom. The van der Waals surface area contributed by atoms with Crippen molar-refractivity contribution >= 4 is 5.91 Å². The summed E-state index contributed by atoms with van der Waals surface area (Å²) in [7, 11) is 0. The van der Waals surface area contributed by atoms with Crippen LogP contribution in [0.2, 0.25) is 0 Å². The molecule has 0 aromatic carbocycles. The number of hydrogen-bond donors (Lipinski definition) is 1. The minimum absolute atomic E-state index is 0.0177. The van der Waals surface area contributed by atoms with E-state index < -0.39 is 12.1 Å². The standard InChI is InChI=1S/C11H18F3NO/c1-2-10(16)15-7-8-4-3-5-9(6-8)11(12,13)14/h8-9H,2-7H2,1H3,(H,15,16). The Morgan fingerprint density at radius 2 is 2.06 bits per heavy atom. The summed E-state index contributed by atoms with van der Waals surface area (Å²) in [5.74, 6) is -1.28. The molecule has 0 heterocycles. The summed E-state index contributed by atoms with van der Waals surface area (Å²) >= 11 is 0. The molecule has 1 fully saturated rings. The number of carbonyl (C=O) groups excluding carboxylic acids is 1. The second-order valence-corrected chi connectivity index (χ2v) is 4.43. The van der Waals surface area contributed by atoms with Gasteiger partial charge in [-0.15, -0.1) is 0 Å². The molecule has 0 saturated heterocycles. The topological polar surface area (TPSA) is 29.1 Å². The Hall–Kier alpha value is -0.740. The summed E-state index contributed by atoms with van der Waals surface area (Å²) in [5.41, 5.74) is 0. The zero-order chi connectivity index (χ0) is 12.2. The molecule has 0 radical (unpaired) electrons. The van der Waals surface area contributed by atoms with Gasteiger partial charge in [-0.25, -0.2) is 0 Å². The smallest absolute Gasteiger partial charge is 0.356 e. The number of amides is 1. The van der Waals surface area contributed by atoms with Gasteiger partial charge in [-0.05, 0) is 25.2 Å². The number of hydrogen-bond acceptors (Lipinski definition) is 1. The van der Waals surface area contributed by atoms with Crippen molar-refractivity contribution < 1.29 is 18.0 Å². The third-order valence-electron chi connectivity index (χ3n) is 3.15. The zero-order valence-electron chi connectivity index (χ0n) is 9.44. The van der Waals surface area contributed by atoms with Crippen LogP contribution in [0, 0.1) is 11.8 Å². The van der Waals surface area contributed by atoms with E-state index in [1.165, 1.54) is 0 Å². The molecule has 2 atom stereocenters. The summed E-state index contributed by atoms with van der Waals surface area (Å²) in [4.78, 5) is 11.0. The minimum atomic E-state index is -4.08. The fraction of sp³-hybridized carbons (Fsp3) is 0.909. The summed E-state index contributed by atoms with van der Waals surface area (Å²) in [6, 6.07) is 0. The lowest BCUT2D eigenvalue weighted by Crippen LogP contribution is -2.35. The fourth-order valence-corrected chi connectivity index (χ4v) is 2.16. The molecule has 1 rings (SSSR count). The third-order valence-corrected chi connectivity index (χ3v) is 3.15. The third kappa shape index (κ3) is 4.02. The van der Waals surface area contributed by atoms with E-state index in [2.05, 4.69) is 5.32 Å². The molecule has 0 aliphatic heterocycles. The van der Waals surface area contributed by atoms with Crippen molar-refractivity contribution in [3.05, 3.63) is 0 Å². The van der Waals surface area contributed by atoms with Crippen molar-refractivity contribution in [2.75, 3.05) is 6.54 Å². The molecule has 5 heteroatoms. The van der Waals surface area contributed by atoms with E-state index >= 15 is 0 Å². The van der Waals surface area contributed by atoms with Crippen LogP contribution in [0.3, 0.4) is 0 Å². The maximum Gasteiger partial charge on any atom is 0.391 e. The summed E-state index contributed by atoms with van der Waals surface area (Å²) in [6.45, 7) is 2.12. The molecule has 1 amide bonds. The molecule has 1 aliphatic carbocycles. The van der Waals surface area contributed by atoms with Crippen molar-refractivity contribution in [3.63, 3.8) is 0 Å². The number of rotatable bonds is 3. The first-order chi connectivity index (χ1) is 7.43. The van der Waals surface area contributed by atoms with Crippen LogP contribution in [0.1, 0.15) is 39.0 Å². The van der Waals surface area contributed by atoms with E-state index in [9.17, 15) is 18.0 Å². The van der Waals surface area contributed by atoms with Gasteiger partial charge in [0.05, 0.1) is 5.92 Å². The predicted molar refractivity (Wildman–Crippen MR) is 54.8 cm³/mol. The number of halogens is 3. The highest BCUT2D eigenvalue weighted by atomic mass is 19.4. The fourth-order valence-electron chi connectivity index (χ4n) is 2.16. The van der Waals surface area contributed by atoms with Crippen LogP contribution < -0.4 is 5.32 Å². The van der Waals surface area contributed by atoms with Crippen molar-refractivity contribution in [1.29, 1.82) is 0 Å². The number of alkyl halides is 3. The van der Waals surface area contributed by atoms with Crippen molar-refractivity contribution in [2.45, 2.75) is 45.2 Å². The zero-order valence-corrected chi connectivity index (χ0v) is 9.44. The van der Waals surface area contributed by atoms with Gasteiger partial charge in [-0.2, -0.15) is 13.2 Å². The van der Waals surface area contributed by atoms with E-state index in [1.807, 2.05) is 0 Å². The average molecular weight is 237 g/mol. The van der Waals surface area contributed by atoms with Gasteiger partial charge in [0, 0.05) is 13.0 Å². The van der Waals surface area contributed by atoms with Crippen LogP contribution in [0.25, 0.3) is 0 Å². The second kappa shape index (κ2) is 5.55. The molecule has 2 nitrogen and oxygen atoms in total. The van der Waals surface area contributed by atoms with Crippen molar-refractivity contribution in [2.24, 2.45) is 11.8 Å². The Morgan fingerprint density at radius 3 is 2.62 bits per heavy atom. The number of carbonyl (C=O) groups is 1. The molecule has 2 unspecified atom stereocenters. The first kappa shape index (κ1) is 13.3. The lowest BCUT2D eigenvalue weighted by molar-refractivity contribution is -0.185. The van der Waals surface area contributed by atoms with Gasteiger partial charge in [0.15, 0.2) is 0 Å². The maximum atomic E-state index is 12.5. The van der Waals surface area contributed by atoms with Crippen LogP contribution in [-0.2, 0) is 4.79 Å². The highest BCUT2D eigenvalue weighted by Crippen LogP contribution is 2.39. The predicted octanol–water partition coefficient (Wildman–Crippen LogP) is 2.88. The average Bonchev–Trinajstić information content (AvgIpc) is 2.25. The number of nitrogens with one attached hydrogen (secondary N) is 1. The normalized spacial score (nSPS) is 26.5. The first-order valence-electron chi connectivity index (χ1n) is 5.77. The SMILES string of the molecule is CCC(=O)NCC1CCCC(C(F)(F)F)C1. The minimum Gasteiger partial charge on any atom is -0.356 e. The molecular weight excluding hydrogens is 219 g/mol. The van der Waals surface area contributed by atoms with Gasteiger partial charge < -0.3 is 5.32 Å². The molecule has 1 N–H and O–H groups in total. The quantitative estimate of drug-likeness (QED) is 0.803. The molecule has 0 aromatic rings. The van der Waals surface area contributed by atoms with Crippen molar-refractivity contribution in [3.8, 4) is 0 Å². The van der Waals surface area contributed by atoms with Crippen LogP contribution in [0.4, 0.5) is 13.2 Å². The highest BCUT2D eigenvalue weighted by Gasteiger charge is 2.41. The lowest BCUT2D eigenvalue weighted by Gasteiger charge is -2.30. The molecule has 1 aliphatic rings. The van der Waals surface area contributed by atoms with E-state index in [1.54, 1.807) is 6.92 Å². The van der Waals surface area contributed by atoms with E-state index in [0.29, 0.717) is 19.4 Å². The van der Waals surface area contributed by atoms with E-state index in [4.69, 9.17) is 0 Å². The Balaban J connectivity index is 2.36.